The molecule has 0 unspecified atom stereocenters. The van der Waals surface area contributed by atoms with E-state index in [0.717, 1.165) is 5.56 Å². The van der Waals surface area contributed by atoms with E-state index in [2.05, 4.69) is 25.0 Å². The molecule has 8 nitrogen and oxygen atoms in total. The predicted octanol–water partition coefficient (Wildman–Crippen LogP) is 3.78. The standard InChI is InChI=1S/C21H15F3N8/c22-15-3-1-2-4-16(15)32-9-12(5-30-32)8-31-10-14(17-19(25)28-11-29-21(17)31)13-6-26-20(18(23)24)27-7-13/h1-7,9-11,18H,8H2,(H2,25,28,29). The molecule has 2 N–H and O–H groups in total. The summed E-state index contributed by atoms with van der Waals surface area (Å²) in [6.07, 6.45) is 6.34. The monoisotopic (exact) mass is 436 g/mol. The van der Waals surface area contributed by atoms with Crippen LogP contribution in [0.2, 0.25) is 0 Å². The smallest absolute Gasteiger partial charge is 0.297 e. The van der Waals surface area contributed by atoms with Gasteiger partial charge in [0.05, 0.1) is 18.1 Å². The van der Waals surface area contributed by atoms with E-state index in [1.807, 2.05) is 4.57 Å². The normalized spacial score (nSPS) is 11.5. The van der Waals surface area contributed by atoms with Gasteiger partial charge >= 0.3 is 0 Å². The molecule has 1 aromatic carbocycles. The van der Waals surface area contributed by atoms with Crippen molar-refractivity contribution in [3.8, 4) is 16.8 Å². The van der Waals surface area contributed by atoms with Crippen molar-refractivity contribution in [3.63, 3.8) is 0 Å². The van der Waals surface area contributed by atoms with Crippen LogP contribution in [0, 0.1) is 5.82 Å². The van der Waals surface area contributed by atoms with Crippen LogP contribution in [0.4, 0.5) is 19.0 Å². The number of hydrogen-bond acceptors (Lipinski definition) is 6. The Labute approximate surface area is 179 Å². The van der Waals surface area contributed by atoms with Crippen molar-refractivity contribution >= 4 is 16.9 Å². The average Bonchev–Trinajstić information content (AvgIpc) is 3.40. The van der Waals surface area contributed by atoms with Crippen LogP contribution in [0.15, 0.2) is 61.6 Å². The highest BCUT2D eigenvalue weighted by molar-refractivity contribution is 6.00. The van der Waals surface area contributed by atoms with E-state index in [9.17, 15) is 13.2 Å². The SMILES string of the molecule is Nc1ncnc2c1c(-c1cnc(C(F)F)nc1)cn2Cc1cnn(-c2ccccc2F)c1. The zero-order valence-corrected chi connectivity index (χ0v) is 16.4. The lowest BCUT2D eigenvalue weighted by molar-refractivity contribution is 0.140. The molecular weight excluding hydrogens is 421 g/mol. The number of para-hydroxylation sites is 1. The van der Waals surface area contributed by atoms with Gasteiger partial charge in [-0.1, -0.05) is 12.1 Å². The molecule has 0 aliphatic carbocycles. The Kier molecular flexibility index (Phi) is 4.77. The van der Waals surface area contributed by atoms with Gasteiger partial charge in [0.25, 0.3) is 6.43 Å². The van der Waals surface area contributed by atoms with Crippen LogP contribution in [-0.4, -0.2) is 34.3 Å². The number of nitrogens with two attached hydrogens (primary N) is 1. The Morgan fingerprint density at radius 1 is 0.969 bits per heavy atom. The molecule has 4 aromatic heterocycles. The predicted molar refractivity (Wildman–Crippen MR) is 111 cm³/mol. The average molecular weight is 436 g/mol. The maximum atomic E-state index is 14.1. The third-order valence-electron chi connectivity index (χ3n) is 4.95. The number of alkyl halides is 2. The quantitative estimate of drug-likeness (QED) is 0.450. The molecule has 0 aliphatic rings. The summed E-state index contributed by atoms with van der Waals surface area (Å²) >= 11 is 0. The van der Waals surface area contributed by atoms with Crippen molar-refractivity contribution in [2.75, 3.05) is 5.73 Å². The molecule has 4 heterocycles. The highest BCUT2D eigenvalue weighted by Crippen LogP contribution is 2.32. The summed E-state index contributed by atoms with van der Waals surface area (Å²) in [5.41, 5.74) is 8.87. The molecular formula is C21H15F3N8. The molecule has 0 radical (unpaired) electrons. The Morgan fingerprint density at radius 2 is 1.75 bits per heavy atom. The van der Waals surface area contributed by atoms with E-state index in [4.69, 9.17) is 5.73 Å². The molecule has 32 heavy (non-hydrogen) atoms. The first-order valence-corrected chi connectivity index (χ1v) is 9.49. The number of aromatic nitrogens is 7. The fourth-order valence-electron chi connectivity index (χ4n) is 3.48. The van der Waals surface area contributed by atoms with Crippen molar-refractivity contribution in [1.29, 1.82) is 0 Å². The maximum absolute atomic E-state index is 14.1. The second-order valence-corrected chi connectivity index (χ2v) is 7.00. The van der Waals surface area contributed by atoms with Crippen molar-refractivity contribution in [2.45, 2.75) is 13.0 Å². The first kappa shape index (κ1) is 19.7. The van der Waals surface area contributed by atoms with E-state index in [1.165, 1.54) is 29.5 Å². The van der Waals surface area contributed by atoms with Gasteiger partial charge in [0.15, 0.2) is 5.82 Å². The number of hydrogen-bond donors (Lipinski definition) is 1. The molecule has 0 saturated carbocycles. The highest BCUT2D eigenvalue weighted by atomic mass is 19.3. The van der Waals surface area contributed by atoms with Gasteiger partial charge in [-0.15, -0.1) is 0 Å². The lowest BCUT2D eigenvalue weighted by Crippen LogP contribution is -2.00. The van der Waals surface area contributed by atoms with Crippen LogP contribution < -0.4 is 5.73 Å². The second kappa shape index (κ2) is 7.76. The van der Waals surface area contributed by atoms with E-state index < -0.39 is 12.2 Å². The van der Waals surface area contributed by atoms with Gasteiger partial charge < -0.3 is 10.3 Å². The lowest BCUT2D eigenvalue weighted by atomic mass is 10.1. The van der Waals surface area contributed by atoms with Crippen LogP contribution in [0.1, 0.15) is 17.8 Å². The van der Waals surface area contributed by atoms with Crippen LogP contribution in [-0.2, 0) is 6.54 Å². The van der Waals surface area contributed by atoms with Crippen LogP contribution in [0.5, 0.6) is 0 Å². The summed E-state index contributed by atoms with van der Waals surface area (Å²) in [7, 11) is 0. The van der Waals surface area contributed by atoms with Gasteiger partial charge in [-0.25, -0.2) is 37.8 Å². The largest absolute Gasteiger partial charge is 0.383 e. The van der Waals surface area contributed by atoms with E-state index in [1.54, 1.807) is 36.8 Å². The molecule has 11 heteroatoms. The number of fused-ring (bicyclic) bond motifs is 1. The minimum Gasteiger partial charge on any atom is -0.383 e. The summed E-state index contributed by atoms with van der Waals surface area (Å²) in [5, 5.41) is 4.80. The molecule has 0 amide bonds. The Morgan fingerprint density at radius 3 is 2.50 bits per heavy atom. The van der Waals surface area contributed by atoms with Crippen molar-refractivity contribution in [2.24, 2.45) is 0 Å². The maximum Gasteiger partial charge on any atom is 0.297 e. The molecule has 0 fully saturated rings. The number of rotatable bonds is 5. The fourth-order valence-corrected chi connectivity index (χ4v) is 3.48. The minimum absolute atomic E-state index is 0.240. The number of halogens is 3. The van der Waals surface area contributed by atoms with Crippen LogP contribution in [0.25, 0.3) is 27.8 Å². The van der Waals surface area contributed by atoms with Gasteiger partial charge in [-0.05, 0) is 12.1 Å². The van der Waals surface area contributed by atoms with E-state index in [0.29, 0.717) is 34.4 Å². The highest BCUT2D eigenvalue weighted by Gasteiger charge is 2.18. The summed E-state index contributed by atoms with van der Waals surface area (Å²) < 4.78 is 43.0. The molecule has 0 bridgehead atoms. The van der Waals surface area contributed by atoms with Gasteiger partial charge in [-0.2, -0.15) is 5.10 Å². The van der Waals surface area contributed by atoms with E-state index >= 15 is 0 Å². The molecule has 5 rings (SSSR count). The summed E-state index contributed by atoms with van der Waals surface area (Å²) in [6, 6.07) is 6.33. The number of nitrogens with zero attached hydrogens (tertiary/aromatic N) is 7. The Balaban J connectivity index is 1.54. The topological polar surface area (TPSA) is 100 Å². The summed E-state index contributed by atoms with van der Waals surface area (Å²) in [6.45, 7) is 0.359. The molecule has 160 valence electrons. The zero-order chi connectivity index (χ0) is 22.2. The summed E-state index contributed by atoms with van der Waals surface area (Å²) in [4.78, 5) is 15.8. The number of nitrogen functional groups attached to an aromatic ring is 1. The van der Waals surface area contributed by atoms with Crippen LogP contribution in [0.3, 0.4) is 0 Å². The first-order valence-electron chi connectivity index (χ1n) is 9.49. The van der Waals surface area contributed by atoms with Crippen molar-refractivity contribution < 1.29 is 13.2 Å². The van der Waals surface area contributed by atoms with Gasteiger partial charge in [0, 0.05) is 41.5 Å². The fraction of sp³-hybridized carbons (Fsp3) is 0.0952. The van der Waals surface area contributed by atoms with Gasteiger partial charge in [0.1, 0.15) is 29.3 Å². The minimum atomic E-state index is -2.76. The first-order chi connectivity index (χ1) is 15.5. The lowest BCUT2D eigenvalue weighted by Gasteiger charge is -2.03. The van der Waals surface area contributed by atoms with Crippen molar-refractivity contribution in [1.82, 2.24) is 34.3 Å². The third-order valence-corrected chi connectivity index (χ3v) is 4.95. The molecule has 0 saturated heterocycles. The van der Waals surface area contributed by atoms with Crippen LogP contribution >= 0.6 is 0 Å². The van der Waals surface area contributed by atoms with Crippen molar-refractivity contribution in [3.05, 3.63) is 78.8 Å². The third kappa shape index (κ3) is 3.43. The molecule has 0 aliphatic heterocycles. The summed E-state index contributed by atoms with van der Waals surface area (Å²) in [5.74, 6) is -0.699. The Hall–Kier alpha value is -4.28. The molecule has 0 atom stereocenters. The van der Waals surface area contributed by atoms with Gasteiger partial charge in [0.2, 0.25) is 0 Å². The number of benzene rings is 1. The number of anilines is 1. The van der Waals surface area contributed by atoms with Gasteiger partial charge in [-0.3, -0.25) is 0 Å². The molecule has 0 spiro atoms. The Bertz CT molecular complexity index is 1410. The second-order valence-electron chi connectivity index (χ2n) is 7.00. The van der Waals surface area contributed by atoms with E-state index in [-0.39, 0.29) is 11.6 Å². The molecule has 5 aromatic rings. The zero-order valence-electron chi connectivity index (χ0n) is 16.4.